The Labute approximate surface area is 195 Å². The van der Waals surface area contributed by atoms with Crippen LogP contribution in [0, 0.1) is 5.92 Å². The van der Waals surface area contributed by atoms with Crippen LogP contribution in [0.4, 0.5) is 4.79 Å². The topological polar surface area (TPSA) is 116 Å². The number of aldehydes is 1. The number of hydrogen-bond acceptors (Lipinski definition) is 4. The van der Waals surface area contributed by atoms with Crippen LogP contribution in [0.5, 0.6) is 0 Å². The highest BCUT2D eigenvalue weighted by Gasteiger charge is 2.28. The van der Waals surface area contributed by atoms with Gasteiger partial charge in [0.1, 0.15) is 12.3 Å². The molecular formula is C25H35N3O5. The van der Waals surface area contributed by atoms with Gasteiger partial charge in [0, 0.05) is 19.5 Å². The van der Waals surface area contributed by atoms with Gasteiger partial charge in [0.05, 0.1) is 6.04 Å². The van der Waals surface area contributed by atoms with Crippen molar-refractivity contribution in [2.45, 2.75) is 76.3 Å². The molecule has 1 aromatic rings. The van der Waals surface area contributed by atoms with E-state index in [9.17, 15) is 19.2 Å². The highest BCUT2D eigenvalue weighted by molar-refractivity contribution is 5.87. The van der Waals surface area contributed by atoms with E-state index >= 15 is 0 Å². The molecule has 1 aliphatic carbocycles. The third-order valence-electron chi connectivity index (χ3n) is 6.84. The van der Waals surface area contributed by atoms with E-state index in [0.717, 1.165) is 38.5 Å². The van der Waals surface area contributed by atoms with Crippen molar-refractivity contribution >= 4 is 24.2 Å². The van der Waals surface area contributed by atoms with Crippen LogP contribution in [0.3, 0.4) is 0 Å². The fourth-order valence-corrected chi connectivity index (χ4v) is 4.95. The highest BCUT2D eigenvalue weighted by Crippen LogP contribution is 2.27. The number of amides is 3. The van der Waals surface area contributed by atoms with Gasteiger partial charge >= 0.3 is 6.09 Å². The summed E-state index contributed by atoms with van der Waals surface area (Å²) in [6.07, 6.45) is 7.07. The molecule has 0 saturated heterocycles. The van der Waals surface area contributed by atoms with Crippen LogP contribution in [0.25, 0.3) is 0 Å². The quantitative estimate of drug-likeness (QED) is 0.493. The first kappa shape index (κ1) is 24.7. The van der Waals surface area contributed by atoms with Crippen LogP contribution >= 0.6 is 0 Å². The Morgan fingerprint density at radius 3 is 2.24 bits per heavy atom. The maximum atomic E-state index is 12.8. The van der Waals surface area contributed by atoms with Gasteiger partial charge in [-0.1, -0.05) is 56.4 Å². The Bertz CT molecular complexity index is 810. The van der Waals surface area contributed by atoms with Gasteiger partial charge in [-0.05, 0) is 42.7 Å². The van der Waals surface area contributed by atoms with Gasteiger partial charge in [0.15, 0.2) is 0 Å². The summed E-state index contributed by atoms with van der Waals surface area (Å²) in [5.74, 6) is -0.242. The van der Waals surface area contributed by atoms with Crippen molar-refractivity contribution in [3.8, 4) is 0 Å². The molecule has 2 aliphatic rings. The van der Waals surface area contributed by atoms with Gasteiger partial charge in [-0.25, -0.2) is 4.79 Å². The second-order valence-corrected chi connectivity index (χ2v) is 9.18. The molecule has 1 aliphatic heterocycles. The van der Waals surface area contributed by atoms with Crippen molar-refractivity contribution in [3.05, 3.63) is 35.4 Å². The largest absolute Gasteiger partial charge is 0.465 e. The average molecular weight is 458 g/mol. The molecular weight excluding hydrogens is 422 g/mol. The third-order valence-corrected chi connectivity index (χ3v) is 6.84. The number of carboxylic acid groups (broad SMARTS) is 1. The lowest BCUT2D eigenvalue weighted by Crippen LogP contribution is -2.50. The number of nitrogens with zero attached hydrogens (tertiary/aromatic N) is 1. The summed E-state index contributed by atoms with van der Waals surface area (Å²) in [6, 6.07) is 6.48. The fourth-order valence-electron chi connectivity index (χ4n) is 4.95. The third kappa shape index (κ3) is 7.58. The van der Waals surface area contributed by atoms with E-state index < -0.39 is 24.1 Å². The van der Waals surface area contributed by atoms with Gasteiger partial charge in [0.2, 0.25) is 11.8 Å². The maximum absolute atomic E-state index is 12.8. The van der Waals surface area contributed by atoms with Crippen molar-refractivity contribution < 1.29 is 24.3 Å². The zero-order chi connectivity index (χ0) is 23.6. The molecule has 0 radical (unpaired) electrons. The van der Waals surface area contributed by atoms with Crippen LogP contribution in [-0.2, 0) is 27.2 Å². The molecule has 8 heteroatoms. The minimum Gasteiger partial charge on any atom is -0.465 e. The summed E-state index contributed by atoms with van der Waals surface area (Å²) in [5.41, 5.74) is 2.53. The smallest absolute Gasteiger partial charge is 0.405 e. The molecule has 0 bridgehead atoms. The van der Waals surface area contributed by atoms with Crippen LogP contribution in [0.2, 0.25) is 0 Å². The molecule has 3 rings (SSSR count). The van der Waals surface area contributed by atoms with Crippen molar-refractivity contribution in [2.24, 2.45) is 5.92 Å². The van der Waals surface area contributed by atoms with Crippen LogP contribution < -0.4 is 10.6 Å². The fraction of sp³-hybridized carbons (Fsp3) is 0.600. The van der Waals surface area contributed by atoms with Gasteiger partial charge in [0.25, 0.3) is 0 Å². The number of rotatable bonds is 9. The lowest BCUT2D eigenvalue weighted by Gasteiger charge is -2.27. The Kier molecular flexibility index (Phi) is 9.27. The zero-order valence-electron chi connectivity index (χ0n) is 19.1. The molecule has 3 N–H and O–H groups in total. The van der Waals surface area contributed by atoms with E-state index in [4.69, 9.17) is 5.11 Å². The number of fused-ring (bicyclic) bond motifs is 1. The van der Waals surface area contributed by atoms with Crippen LogP contribution in [-0.4, -0.2) is 59.4 Å². The van der Waals surface area contributed by atoms with E-state index in [1.807, 2.05) is 17.0 Å². The van der Waals surface area contributed by atoms with Gasteiger partial charge in [-0.15, -0.1) is 0 Å². The Morgan fingerprint density at radius 1 is 1.03 bits per heavy atom. The predicted molar refractivity (Wildman–Crippen MR) is 124 cm³/mol. The molecule has 2 unspecified atom stereocenters. The molecule has 33 heavy (non-hydrogen) atoms. The molecule has 0 spiro atoms. The molecule has 180 valence electrons. The number of benzene rings is 1. The minimum atomic E-state index is -1.26. The Hall–Kier alpha value is -2.90. The monoisotopic (exact) mass is 457 g/mol. The highest BCUT2D eigenvalue weighted by atomic mass is 16.4. The molecule has 2 atom stereocenters. The maximum Gasteiger partial charge on any atom is 0.405 e. The summed E-state index contributed by atoms with van der Waals surface area (Å²) in [7, 11) is 0. The number of carbonyl (C=O) groups excluding carboxylic acids is 3. The molecule has 8 nitrogen and oxygen atoms in total. The van der Waals surface area contributed by atoms with Crippen molar-refractivity contribution in [3.63, 3.8) is 0 Å². The lowest BCUT2D eigenvalue weighted by molar-refractivity contribution is -0.132. The SMILES string of the molecule is O=CC(CCC(=O)N1CCc2ccccc2CC1)NC(=O)C(CC1CCCCC1)NC(=O)O. The summed E-state index contributed by atoms with van der Waals surface area (Å²) in [5, 5.41) is 14.1. The first-order chi connectivity index (χ1) is 16.0. The summed E-state index contributed by atoms with van der Waals surface area (Å²) in [4.78, 5) is 50.1. The van der Waals surface area contributed by atoms with E-state index in [-0.39, 0.29) is 18.7 Å². The molecule has 1 fully saturated rings. The van der Waals surface area contributed by atoms with Crippen LogP contribution in [0.1, 0.15) is 62.5 Å². The van der Waals surface area contributed by atoms with E-state index in [2.05, 4.69) is 22.8 Å². The molecule has 3 amide bonds. The first-order valence-corrected chi connectivity index (χ1v) is 12.1. The van der Waals surface area contributed by atoms with E-state index in [1.54, 1.807) is 0 Å². The van der Waals surface area contributed by atoms with E-state index in [1.165, 1.54) is 17.5 Å². The molecule has 1 saturated carbocycles. The van der Waals surface area contributed by atoms with Gasteiger partial charge in [-0.2, -0.15) is 0 Å². The first-order valence-electron chi connectivity index (χ1n) is 12.1. The standard InChI is InChI=1S/C25H35N3O5/c29-17-21(26-24(31)22(27-25(32)33)16-18-6-2-1-3-7-18)10-11-23(30)28-14-12-19-8-4-5-9-20(19)13-15-28/h4-5,8-9,17-18,21-22,27H,1-3,6-7,10-16H2,(H,26,31)(H,32,33). The van der Waals surface area contributed by atoms with Crippen molar-refractivity contribution in [1.82, 2.24) is 15.5 Å². The lowest BCUT2D eigenvalue weighted by atomic mass is 9.84. The average Bonchev–Trinajstić information content (AvgIpc) is 3.04. The summed E-state index contributed by atoms with van der Waals surface area (Å²) >= 11 is 0. The Balaban J connectivity index is 1.49. The number of carbonyl (C=O) groups is 4. The number of nitrogens with one attached hydrogen (secondary N) is 2. The van der Waals surface area contributed by atoms with E-state index in [0.29, 0.717) is 31.7 Å². The van der Waals surface area contributed by atoms with Crippen molar-refractivity contribution in [2.75, 3.05) is 13.1 Å². The predicted octanol–water partition coefficient (Wildman–Crippen LogP) is 2.68. The molecule has 1 aromatic carbocycles. The summed E-state index contributed by atoms with van der Waals surface area (Å²) < 4.78 is 0. The normalized spacial score (nSPS) is 18.4. The number of hydrogen-bond donors (Lipinski definition) is 3. The minimum absolute atomic E-state index is 0.0358. The van der Waals surface area contributed by atoms with Crippen LogP contribution in [0.15, 0.2) is 24.3 Å². The van der Waals surface area contributed by atoms with Gasteiger partial charge in [-0.3, -0.25) is 9.59 Å². The summed E-state index contributed by atoms with van der Waals surface area (Å²) in [6.45, 7) is 1.28. The second-order valence-electron chi connectivity index (χ2n) is 9.18. The zero-order valence-corrected chi connectivity index (χ0v) is 19.1. The van der Waals surface area contributed by atoms with Gasteiger partial charge < -0.3 is 25.4 Å². The van der Waals surface area contributed by atoms with Crippen molar-refractivity contribution in [1.29, 1.82) is 0 Å². The molecule has 0 aromatic heterocycles. The second kappa shape index (κ2) is 12.4. The molecule has 1 heterocycles. The Morgan fingerprint density at radius 2 is 1.67 bits per heavy atom.